The number of aromatic nitrogens is 5. The molecule has 0 bridgehead atoms. The molecule has 27 heavy (non-hydrogen) atoms. The van der Waals surface area contributed by atoms with Gasteiger partial charge in [0.05, 0.1) is 18.0 Å². The molecule has 1 aromatic carbocycles. The molecule has 2 heterocycles. The van der Waals surface area contributed by atoms with Crippen molar-refractivity contribution in [3.63, 3.8) is 0 Å². The van der Waals surface area contributed by atoms with Crippen molar-refractivity contribution in [2.75, 3.05) is 6.54 Å². The van der Waals surface area contributed by atoms with Crippen LogP contribution in [0.3, 0.4) is 0 Å². The number of benzene rings is 1. The molecule has 1 amide bonds. The van der Waals surface area contributed by atoms with Gasteiger partial charge in [0, 0.05) is 17.5 Å². The highest BCUT2D eigenvalue weighted by atomic mass is 32.2. The summed E-state index contributed by atoms with van der Waals surface area (Å²) in [4.78, 5) is 16.3. The number of aryl methyl sites for hydroxylation is 1. The molecule has 0 saturated carbocycles. The first-order chi connectivity index (χ1) is 12.8. The van der Waals surface area contributed by atoms with Crippen LogP contribution in [0.15, 0.2) is 47.5 Å². The summed E-state index contributed by atoms with van der Waals surface area (Å²) in [5.41, 5.74) is 7.45. The van der Waals surface area contributed by atoms with E-state index in [9.17, 15) is 13.2 Å². The number of hydrogen-bond donors (Lipinski definition) is 2. The number of carbonyl (C=O) groups is 1. The molecule has 3 N–H and O–H groups in total. The number of carbonyl (C=O) groups excluding carboxylic acids is 1. The Morgan fingerprint density at radius 3 is 2.63 bits per heavy atom. The van der Waals surface area contributed by atoms with E-state index in [4.69, 9.17) is 5.73 Å². The van der Waals surface area contributed by atoms with Crippen molar-refractivity contribution in [3.05, 3.63) is 53.9 Å². The molecule has 3 aromatic rings. The van der Waals surface area contributed by atoms with E-state index in [2.05, 4.69) is 25.1 Å². The van der Waals surface area contributed by atoms with Crippen LogP contribution in [0.25, 0.3) is 11.4 Å². The fraction of sp³-hybridized carbons (Fsp3) is 0.188. The number of rotatable bonds is 7. The van der Waals surface area contributed by atoms with Crippen LogP contribution in [-0.2, 0) is 21.4 Å². The summed E-state index contributed by atoms with van der Waals surface area (Å²) in [6.07, 6.45) is 1.72. The maximum Gasteiger partial charge on any atom is 0.241 e. The second kappa shape index (κ2) is 7.60. The minimum atomic E-state index is -3.81. The number of primary amides is 1. The van der Waals surface area contributed by atoms with Gasteiger partial charge in [0.2, 0.25) is 21.8 Å². The van der Waals surface area contributed by atoms with Crippen LogP contribution in [0.4, 0.5) is 0 Å². The minimum Gasteiger partial charge on any atom is -0.369 e. The third-order valence-electron chi connectivity index (χ3n) is 3.60. The number of hydrogen-bond acceptors (Lipinski definition) is 7. The Morgan fingerprint density at radius 1 is 1.22 bits per heavy atom. The lowest BCUT2D eigenvalue weighted by atomic mass is 10.2. The molecule has 10 nitrogen and oxygen atoms in total. The minimum absolute atomic E-state index is 0.00662. The predicted molar refractivity (Wildman–Crippen MR) is 95.7 cm³/mol. The van der Waals surface area contributed by atoms with Crippen LogP contribution in [0.5, 0.6) is 0 Å². The average molecular weight is 387 g/mol. The summed E-state index contributed by atoms with van der Waals surface area (Å²) >= 11 is 0. The summed E-state index contributed by atoms with van der Waals surface area (Å²) in [5, 5.41) is 12.3. The van der Waals surface area contributed by atoms with Gasteiger partial charge in [0.15, 0.2) is 0 Å². The number of nitrogens with two attached hydrogens (primary N) is 1. The molecule has 0 aliphatic carbocycles. The zero-order chi connectivity index (χ0) is 19.4. The Kier molecular flexibility index (Phi) is 5.23. The van der Waals surface area contributed by atoms with Gasteiger partial charge in [-0.05, 0) is 54.1 Å². The molecule has 0 spiro atoms. The van der Waals surface area contributed by atoms with Gasteiger partial charge < -0.3 is 5.73 Å². The van der Waals surface area contributed by atoms with Crippen LogP contribution in [0, 0.1) is 6.92 Å². The van der Waals surface area contributed by atoms with Gasteiger partial charge in [-0.3, -0.25) is 9.78 Å². The molecule has 0 atom stereocenters. The van der Waals surface area contributed by atoms with E-state index in [0.29, 0.717) is 17.9 Å². The first-order valence-electron chi connectivity index (χ1n) is 7.91. The highest BCUT2D eigenvalue weighted by Gasteiger charge is 2.15. The average Bonchev–Trinajstić information content (AvgIpc) is 3.09. The van der Waals surface area contributed by atoms with Crippen molar-refractivity contribution in [1.29, 1.82) is 0 Å². The van der Waals surface area contributed by atoms with E-state index < -0.39 is 22.5 Å². The molecule has 3 rings (SSSR count). The maximum atomic E-state index is 12.0. The molecule has 0 unspecified atom stereocenters. The molecule has 0 radical (unpaired) electrons. The molecule has 0 aliphatic heterocycles. The topological polar surface area (TPSA) is 146 Å². The van der Waals surface area contributed by atoms with Gasteiger partial charge >= 0.3 is 0 Å². The number of nitrogens with one attached hydrogen (secondary N) is 1. The van der Waals surface area contributed by atoms with Gasteiger partial charge in [0.25, 0.3) is 0 Å². The Hall–Kier alpha value is -3.18. The zero-order valence-corrected chi connectivity index (χ0v) is 15.2. The highest BCUT2D eigenvalue weighted by Crippen LogP contribution is 2.17. The van der Waals surface area contributed by atoms with Crippen LogP contribution in [-0.4, -0.2) is 46.1 Å². The molecule has 0 aliphatic rings. The summed E-state index contributed by atoms with van der Waals surface area (Å²) in [6.45, 7) is 1.88. The quantitative estimate of drug-likeness (QED) is 0.573. The zero-order valence-electron chi connectivity index (χ0n) is 14.4. The summed E-state index contributed by atoms with van der Waals surface area (Å²) in [7, 11) is -3.81. The molecule has 0 fully saturated rings. The molecule has 11 heteroatoms. The van der Waals surface area contributed by atoms with E-state index in [1.165, 1.54) is 16.9 Å². The summed E-state index contributed by atoms with van der Waals surface area (Å²) in [5.74, 6) is -0.393. The van der Waals surface area contributed by atoms with E-state index in [-0.39, 0.29) is 4.90 Å². The van der Waals surface area contributed by atoms with Crippen molar-refractivity contribution in [3.8, 4) is 11.4 Å². The van der Waals surface area contributed by atoms with Crippen molar-refractivity contribution in [2.45, 2.75) is 18.4 Å². The van der Waals surface area contributed by atoms with Gasteiger partial charge in [0.1, 0.15) is 0 Å². The van der Waals surface area contributed by atoms with E-state index >= 15 is 0 Å². The molecule has 0 saturated heterocycles. The molecular weight excluding hydrogens is 370 g/mol. The van der Waals surface area contributed by atoms with Crippen LogP contribution in [0.2, 0.25) is 0 Å². The van der Waals surface area contributed by atoms with Gasteiger partial charge in [-0.15, -0.1) is 10.2 Å². The molecule has 140 valence electrons. The second-order valence-electron chi connectivity index (χ2n) is 5.76. The third-order valence-corrected chi connectivity index (χ3v) is 5.01. The van der Waals surface area contributed by atoms with Crippen molar-refractivity contribution in [1.82, 2.24) is 29.9 Å². The number of nitrogens with zero attached hydrogens (tertiary/aromatic N) is 5. The number of pyridine rings is 1. The monoisotopic (exact) mass is 387 g/mol. The number of amides is 1. The van der Waals surface area contributed by atoms with E-state index in [0.717, 1.165) is 11.3 Å². The van der Waals surface area contributed by atoms with Gasteiger partial charge in [-0.1, -0.05) is 0 Å². The predicted octanol–water partition coefficient (Wildman–Crippen LogP) is -0.145. The molecular formula is C16H17N7O3S. The normalized spacial score (nSPS) is 11.4. The Balaban J connectivity index is 1.74. The fourth-order valence-corrected chi connectivity index (χ4v) is 3.32. The first kappa shape index (κ1) is 18.6. The SMILES string of the molecule is Cc1cc(Cn2nnc(-c3ccc(S(=O)(=O)NCC(N)=O)cc3)n2)ccn1. The summed E-state index contributed by atoms with van der Waals surface area (Å²) < 4.78 is 26.2. The van der Waals surface area contributed by atoms with Crippen LogP contribution >= 0.6 is 0 Å². The fourth-order valence-electron chi connectivity index (χ4n) is 2.32. The first-order valence-corrected chi connectivity index (χ1v) is 9.39. The van der Waals surface area contributed by atoms with E-state index in [1.807, 2.05) is 19.1 Å². The van der Waals surface area contributed by atoms with E-state index in [1.54, 1.807) is 18.3 Å². The lowest BCUT2D eigenvalue weighted by molar-refractivity contribution is -0.116. The highest BCUT2D eigenvalue weighted by molar-refractivity contribution is 7.89. The second-order valence-corrected chi connectivity index (χ2v) is 7.53. The Bertz CT molecular complexity index is 1060. The maximum absolute atomic E-state index is 12.0. The number of tetrazole rings is 1. The number of sulfonamides is 1. The van der Waals surface area contributed by atoms with Gasteiger partial charge in [-0.25, -0.2) is 13.1 Å². The summed E-state index contributed by atoms with van der Waals surface area (Å²) in [6, 6.07) is 9.72. The third kappa shape index (κ3) is 4.71. The lowest BCUT2D eigenvalue weighted by Crippen LogP contribution is -2.33. The Labute approximate surface area is 155 Å². The molecule has 2 aromatic heterocycles. The standard InChI is InChI=1S/C16H17N7O3S/c1-11-8-12(6-7-18-11)10-23-21-16(20-22-23)13-2-4-14(5-3-13)27(25,26)19-9-15(17)24/h2-8,19H,9-10H2,1H3,(H2,17,24). The van der Waals surface area contributed by atoms with Crippen molar-refractivity contribution in [2.24, 2.45) is 5.73 Å². The van der Waals surface area contributed by atoms with Crippen LogP contribution < -0.4 is 10.5 Å². The van der Waals surface area contributed by atoms with Gasteiger partial charge in [-0.2, -0.15) is 4.80 Å². The van der Waals surface area contributed by atoms with Crippen molar-refractivity contribution < 1.29 is 13.2 Å². The van der Waals surface area contributed by atoms with Crippen LogP contribution in [0.1, 0.15) is 11.3 Å². The Morgan fingerprint density at radius 2 is 1.96 bits per heavy atom. The smallest absolute Gasteiger partial charge is 0.241 e. The van der Waals surface area contributed by atoms with Crippen molar-refractivity contribution >= 4 is 15.9 Å². The lowest BCUT2D eigenvalue weighted by Gasteiger charge is -2.05. The largest absolute Gasteiger partial charge is 0.369 e.